The summed E-state index contributed by atoms with van der Waals surface area (Å²) < 4.78 is 0. The van der Waals surface area contributed by atoms with E-state index < -0.39 is 0 Å². The molecular weight excluding hydrogens is 159 g/mol. The van der Waals surface area contributed by atoms with Gasteiger partial charge in [-0.3, -0.25) is 0 Å². The molecule has 1 rings (SSSR count). The second kappa shape index (κ2) is 4.36. The van der Waals surface area contributed by atoms with Crippen molar-refractivity contribution in [2.45, 2.75) is 11.8 Å². The fourth-order valence-corrected chi connectivity index (χ4v) is 0.994. The molecule has 10 heavy (non-hydrogen) atoms. The molecule has 0 amide bonds. The number of benzene rings is 1. The Kier molecular flexibility index (Phi) is 4.56. The van der Waals surface area contributed by atoms with Gasteiger partial charge < -0.3 is 0 Å². The summed E-state index contributed by atoms with van der Waals surface area (Å²) in [6, 6.07) is 5.72. The monoisotopic (exact) mass is 165 g/mol. The van der Waals surface area contributed by atoms with Gasteiger partial charge in [0.1, 0.15) is 0 Å². The van der Waals surface area contributed by atoms with E-state index in [4.69, 9.17) is 11.6 Å². The molecule has 0 fully saturated rings. The van der Waals surface area contributed by atoms with Crippen LogP contribution in [0.1, 0.15) is 5.56 Å². The van der Waals surface area contributed by atoms with Gasteiger partial charge in [-0.25, -0.2) is 0 Å². The van der Waals surface area contributed by atoms with Crippen LogP contribution in [0.15, 0.2) is 23.1 Å². The van der Waals surface area contributed by atoms with Crippen LogP contribution in [0.3, 0.4) is 0 Å². The largest absolute Gasteiger partial charge is 0.142 e. The third-order valence-electron chi connectivity index (χ3n) is 1.19. The van der Waals surface area contributed by atoms with Crippen molar-refractivity contribution < 1.29 is 0 Å². The molecule has 0 spiro atoms. The van der Waals surface area contributed by atoms with Gasteiger partial charge in [0.2, 0.25) is 0 Å². The van der Waals surface area contributed by atoms with Gasteiger partial charge >= 0.3 is 0 Å². The molecule has 0 saturated heterocycles. The van der Waals surface area contributed by atoms with Gasteiger partial charge in [0, 0.05) is 23.8 Å². The van der Waals surface area contributed by atoms with Gasteiger partial charge in [0.15, 0.2) is 0 Å². The Morgan fingerprint density at radius 3 is 2.40 bits per heavy atom. The van der Waals surface area contributed by atoms with E-state index >= 15 is 0 Å². The molecule has 0 saturated carbocycles. The van der Waals surface area contributed by atoms with Crippen molar-refractivity contribution in [1.82, 2.24) is 0 Å². The zero-order chi connectivity index (χ0) is 6.85. The Hall–Kier alpha value is 0.457. The normalized spacial score (nSPS) is 8.70. The summed E-state index contributed by atoms with van der Waals surface area (Å²) in [6.07, 6.45) is 0. The Balaban J connectivity index is 0.000000810. The van der Waals surface area contributed by atoms with Crippen LogP contribution in [-0.2, 0) is 0 Å². The first-order valence-electron chi connectivity index (χ1n) is 2.66. The molecule has 0 nitrogen and oxygen atoms in total. The van der Waals surface area contributed by atoms with E-state index in [1.54, 1.807) is 0 Å². The van der Waals surface area contributed by atoms with Crippen LogP contribution in [0.25, 0.3) is 0 Å². The van der Waals surface area contributed by atoms with Crippen LogP contribution in [-0.4, -0.2) is 18.9 Å². The number of thiol groups is 1. The standard InChI is InChI=1S/C7H7ClS.Li/c1-5-3-2-4-6(8)7(5)9;/h2-4,9H,1H3;. The molecular formula is C7H7ClLiS. The molecule has 3 heteroatoms. The van der Waals surface area contributed by atoms with E-state index in [9.17, 15) is 0 Å². The number of hydrogen-bond acceptors (Lipinski definition) is 1. The van der Waals surface area contributed by atoms with Gasteiger partial charge in [-0.05, 0) is 18.6 Å². The van der Waals surface area contributed by atoms with Crippen LogP contribution in [0.4, 0.5) is 0 Å². The third-order valence-corrected chi connectivity index (χ3v) is 2.23. The predicted molar refractivity (Wildman–Crippen MR) is 49.2 cm³/mol. The van der Waals surface area contributed by atoms with Crippen molar-refractivity contribution in [3.8, 4) is 0 Å². The summed E-state index contributed by atoms with van der Waals surface area (Å²) in [5.74, 6) is 0. The molecule has 0 aliphatic carbocycles. The van der Waals surface area contributed by atoms with Crippen molar-refractivity contribution in [1.29, 1.82) is 0 Å². The van der Waals surface area contributed by atoms with Gasteiger partial charge in [-0.1, -0.05) is 23.7 Å². The molecule has 0 N–H and O–H groups in total. The Morgan fingerprint density at radius 2 is 2.00 bits per heavy atom. The molecule has 0 unspecified atom stereocenters. The zero-order valence-electron chi connectivity index (χ0n) is 6.06. The number of rotatable bonds is 0. The molecule has 0 atom stereocenters. The summed E-state index contributed by atoms with van der Waals surface area (Å²) in [5.41, 5.74) is 1.12. The molecule has 0 aliphatic rings. The first-order chi connectivity index (χ1) is 4.22. The van der Waals surface area contributed by atoms with Crippen LogP contribution in [0, 0.1) is 6.92 Å². The van der Waals surface area contributed by atoms with Crippen molar-refractivity contribution in [2.75, 3.05) is 0 Å². The minimum absolute atomic E-state index is 0. The van der Waals surface area contributed by atoms with Gasteiger partial charge in [-0.15, -0.1) is 12.6 Å². The maximum Gasteiger partial charge on any atom is 0.0541 e. The summed E-state index contributed by atoms with van der Waals surface area (Å²) >= 11 is 9.92. The Bertz CT molecular complexity index is 205. The quantitative estimate of drug-likeness (QED) is 0.443. The maximum absolute atomic E-state index is 5.74. The molecule has 0 bridgehead atoms. The summed E-state index contributed by atoms with van der Waals surface area (Å²) in [4.78, 5) is 0.874. The summed E-state index contributed by atoms with van der Waals surface area (Å²) in [7, 11) is 0. The topological polar surface area (TPSA) is 0 Å². The fourth-order valence-electron chi connectivity index (χ4n) is 0.623. The number of aryl methyl sites for hydroxylation is 1. The van der Waals surface area contributed by atoms with E-state index in [1.807, 2.05) is 25.1 Å². The summed E-state index contributed by atoms with van der Waals surface area (Å²) in [6.45, 7) is 1.98. The van der Waals surface area contributed by atoms with E-state index in [1.165, 1.54) is 0 Å². The Morgan fingerprint density at radius 1 is 1.40 bits per heavy atom. The van der Waals surface area contributed by atoms with E-state index in [0.29, 0.717) is 0 Å². The molecule has 49 valence electrons. The molecule has 1 aromatic rings. The molecule has 1 aromatic carbocycles. The van der Waals surface area contributed by atoms with Crippen LogP contribution in [0.2, 0.25) is 5.02 Å². The van der Waals surface area contributed by atoms with Gasteiger partial charge in [-0.2, -0.15) is 0 Å². The first kappa shape index (κ1) is 10.5. The van der Waals surface area contributed by atoms with Crippen LogP contribution >= 0.6 is 24.2 Å². The van der Waals surface area contributed by atoms with Crippen LogP contribution in [0.5, 0.6) is 0 Å². The van der Waals surface area contributed by atoms with E-state index in [0.717, 1.165) is 15.5 Å². The van der Waals surface area contributed by atoms with Crippen molar-refractivity contribution in [3.05, 3.63) is 28.8 Å². The molecule has 0 heterocycles. The van der Waals surface area contributed by atoms with Crippen molar-refractivity contribution in [3.63, 3.8) is 0 Å². The zero-order valence-corrected chi connectivity index (χ0v) is 7.71. The van der Waals surface area contributed by atoms with Crippen molar-refractivity contribution in [2.24, 2.45) is 0 Å². The number of halogens is 1. The minimum atomic E-state index is 0. The Labute approximate surface area is 83.6 Å². The first-order valence-corrected chi connectivity index (χ1v) is 3.48. The second-order valence-corrected chi connectivity index (χ2v) is 2.76. The second-order valence-electron chi connectivity index (χ2n) is 1.91. The average Bonchev–Trinajstić information content (AvgIpc) is 1.83. The number of hydrogen-bond donors (Lipinski definition) is 1. The van der Waals surface area contributed by atoms with E-state index in [2.05, 4.69) is 12.6 Å². The third kappa shape index (κ3) is 2.25. The smallest absolute Gasteiger partial charge is 0.0541 e. The summed E-state index contributed by atoms with van der Waals surface area (Å²) in [5, 5.41) is 0.721. The molecule has 1 radical (unpaired) electrons. The predicted octanol–water partition coefficient (Wildman–Crippen LogP) is 2.56. The van der Waals surface area contributed by atoms with Crippen LogP contribution < -0.4 is 0 Å². The fraction of sp³-hybridized carbons (Fsp3) is 0.143. The van der Waals surface area contributed by atoms with Gasteiger partial charge in [0.05, 0.1) is 5.02 Å². The SMILES string of the molecule is Cc1cccc(Cl)c1S.[Li]. The van der Waals surface area contributed by atoms with E-state index in [-0.39, 0.29) is 18.9 Å². The molecule has 0 aromatic heterocycles. The average molecular weight is 166 g/mol. The minimum Gasteiger partial charge on any atom is -0.142 e. The van der Waals surface area contributed by atoms with Crippen molar-refractivity contribution >= 4 is 43.1 Å². The van der Waals surface area contributed by atoms with Gasteiger partial charge in [0.25, 0.3) is 0 Å². The molecule has 0 aliphatic heterocycles. The maximum atomic E-state index is 5.74.